The average Bonchev–Trinajstić information content (AvgIpc) is 3.36. The van der Waals surface area contributed by atoms with E-state index in [2.05, 4.69) is 10.6 Å². The molecule has 5 nitrogen and oxygen atoms in total. The van der Waals surface area contributed by atoms with Crippen LogP contribution in [0.4, 0.5) is 4.79 Å². The van der Waals surface area contributed by atoms with E-state index in [1.165, 1.54) is 32.1 Å². The van der Waals surface area contributed by atoms with Crippen LogP contribution in [0.3, 0.4) is 0 Å². The van der Waals surface area contributed by atoms with Gasteiger partial charge in [-0.2, -0.15) is 0 Å². The zero-order chi connectivity index (χ0) is 14.9. The molecular formula is C16H26N2O3. The van der Waals surface area contributed by atoms with Crippen LogP contribution >= 0.6 is 0 Å². The number of carbonyl (C=O) groups excluding carboxylic acids is 1. The topological polar surface area (TPSA) is 78.4 Å². The molecule has 5 heteroatoms. The molecule has 3 saturated carbocycles. The third kappa shape index (κ3) is 3.50. The summed E-state index contributed by atoms with van der Waals surface area (Å²) in [7, 11) is 0. The molecule has 0 saturated heterocycles. The molecule has 0 aromatic rings. The van der Waals surface area contributed by atoms with Crippen molar-refractivity contribution in [2.24, 2.45) is 17.3 Å². The Balaban J connectivity index is 1.48. The molecule has 0 aromatic carbocycles. The van der Waals surface area contributed by atoms with Gasteiger partial charge in [0.1, 0.15) is 6.04 Å². The van der Waals surface area contributed by atoms with Gasteiger partial charge in [-0.3, -0.25) is 0 Å². The summed E-state index contributed by atoms with van der Waals surface area (Å²) in [6, 6.07) is -1.04. The average molecular weight is 294 g/mol. The zero-order valence-electron chi connectivity index (χ0n) is 12.6. The van der Waals surface area contributed by atoms with Crippen LogP contribution in [-0.4, -0.2) is 29.7 Å². The molecular weight excluding hydrogens is 268 g/mol. The molecule has 3 aliphatic rings. The highest BCUT2D eigenvalue weighted by Crippen LogP contribution is 2.60. The number of carbonyl (C=O) groups is 2. The first kappa shape index (κ1) is 14.7. The largest absolute Gasteiger partial charge is 0.480 e. The number of nitrogens with one attached hydrogen (secondary N) is 2. The Bertz CT molecular complexity index is 410. The molecule has 21 heavy (non-hydrogen) atoms. The van der Waals surface area contributed by atoms with Crippen molar-refractivity contribution in [1.29, 1.82) is 0 Å². The molecule has 0 aliphatic heterocycles. The molecule has 2 amide bonds. The fourth-order valence-corrected chi connectivity index (χ4v) is 3.88. The molecule has 1 atom stereocenters. The monoisotopic (exact) mass is 294 g/mol. The van der Waals surface area contributed by atoms with E-state index < -0.39 is 12.0 Å². The third-order valence-corrected chi connectivity index (χ3v) is 5.61. The highest BCUT2D eigenvalue weighted by molar-refractivity contribution is 5.82. The minimum atomic E-state index is -0.902. The van der Waals surface area contributed by atoms with E-state index >= 15 is 0 Å². The van der Waals surface area contributed by atoms with Gasteiger partial charge in [-0.15, -0.1) is 0 Å². The number of hydrogen-bond donors (Lipinski definition) is 3. The van der Waals surface area contributed by atoms with Gasteiger partial charge in [0.25, 0.3) is 0 Å². The molecule has 118 valence electrons. The van der Waals surface area contributed by atoms with E-state index in [9.17, 15) is 14.7 Å². The van der Waals surface area contributed by atoms with E-state index in [0.29, 0.717) is 12.0 Å². The Kier molecular flexibility index (Phi) is 4.09. The van der Waals surface area contributed by atoms with Gasteiger partial charge in [0, 0.05) is 6.54 Å². The van der Waals surface area contributed by atoms with Gasteiger partial charge in [-0.05, 0) is 55.8 Å². The van der Waals surface area contributed by atoms with Crippen LogP contribution in [-0.2, 0) is 4.79 Å². The maximum Gasteiger partial charge on any atom is 0.326 e. The van der Waals surface area contributed by atoms with Crippen molar-refractivity contribution in [1.82, 2.24) is 10.6 Å². The first-order chi connectivity index (χ1) is 10.1. The van der Waals surface area contributed by atoms with Gasteiger partial charge >= 0.3 is 12.0 Å². The Morgan fingerprint density at radius 2 is 1.76 bits per heavy atom. The second kappa shape index (κ2) is 5.85. The van der Waals surface area contributed by atoms with Gasteiger partial charge in [0.2, 0.25) is 0 Å². The predicted molar refractivity (Wildman–Crippen MR) is 78.9 cm³/mol. The predicted octanol–water partition coefficient (Wildman–Crippen LogP) is 2.51. The summed E-state index contributed by atoms with van der Waals surface area (Å²) >= 11 is 0. The smallest absolute Gasteiger partial charge is 0.326 e. The van der Waals surface area contributed by atoms with Gasteiger partial charge < -0.3 is 15.7 Å². The highest BCUT2D eigenvalue weighted by atomic mass is 16.4. The third-order valence-electron chi connectivity index (χ3n) is 5.61. The highest BCUT2D eigenvalue weighted by Gasteiger charge is 2.53. The van der Waals surface area contributed by atoms with Crippen LogP contribution in [0.1, 0.15) is 57.8 Å². The Morgan fingerprint density at radius 3 is 2.29 bits per heavy atom. The molecule has 0 radical (unpaired) electrons. The molecule has 3 fully saturated rings. The van der Waals surface area contributed by atoms with Crippen molar-refractivity contribution in [2.75, 3.05) is 6.54 Å². The lowest BCUT2D eigenvalue weighted by molar-refractivity contribution is -0.141. The van der Waals surface area contributed by atoms with Crippen LogP contribution in [0, 0.1) is 17.3 Å². The Labute approximate surface area is 125 Å². The van der Waals surface area contributed by atoms with Crippen LogP contribution < -0.4 is 10.6 Å². The van der Waals surface area contributed by atoms with Gasteiger partial charge in [-0.25, -0.2) is 9.59 Å². The summed E-state index contributed by atoms with van der Waals surface area (Å²) in [6.07, 6.45) is 10.1. The molecule has 0 aromatic heterocycles. The second-order valence-electron chi connectivity index (χ2n) is 7.18. The lowest BCUT2D eigenvalue weighted by Crippen LogP contribution is -2.51. The standard InChI is InChI=1S/C16H26N2O3/c19-14(20)13(11-4-2-1-3-5-11)18-15(21)17-10-16(8-9-16)12-6-7-12/h11-13H,1-10H2,(H,19,20)(H2,17,18,21). The Morgan fingerprint density at radius 1 is 1.10 bits per heavy atom. The normalized spacial score (nSPS) is 25.9. The van der Waals surface area contributed by atoms with Crippen LogP contribution in [0.2, 0.25) is 0 Å². The maximum atomic E-state index is 12.0. The maximum absolute atomic E-state index is 12.0. The molecule has 0 spiro atoms. The van der Waals surface area contributed by atoms with E-state index in [-0.39, 0.29) is 11.9 Å². The van der Waals surface area contributed by atoms with Gasteiger partial charge in [0.15, 0.2) is 0 Å². The van der Waals surface area contributed by atoms with Crippen LogP contribution in [0.5, 0.6) is 0 Å². The van der Waals surface area contributed by atoms with E-state index in [0.717, 1.165) is 31.6 Å². The van der Waals surface area contributed by atoms with Crippen molar-refractivity contribution in [2.45, 2.75) is 63.8 Å². The first-order valence-electron chi connectivity index (χ1n) is 8.38. The number of aliphatic carboxylic acids is 1. The Hall–Kier alpha value is -1.26. The summed E-state index contributed by atoms with van der Waals surface area (Å²) in [5.41, 5.74) is 0.348. The number of amides is 2. The van der Waals surface area contributed by atoms with Gasteiger partial charge in [-0.1, -0.05) is 19.3 Å². The number of hydrogen-bond acceptors (Lipinski definition) is 2. The van der Waals surface area contributed by atoms with Gasteiger partial charge in [0.05, 0.1) is 0 Å². The molecule has 0 bridgehead atoms. The zero-order valence-corrected chi connectivity index (χ0v) is 12.6. The number of urea groups is 1. The minimum absolute atomic E-state index is 0.0836. The molecule has 3 aliphatic carbocycles. The fourth-order valence-electron chi connectivity index (χ4n) is 3.88. The van der Waals surface area contributed by atoms with Crippen molar-refractivity contribution < 1.29 is 14.7 Å². The van der Waals surface area contributed by atoms with Crippen molar-refractivity contribution in [3.05, 3.63) is 0 Å². The number of rotatable bonds is 6. The molecule has 3 N–H and O–H groups in total. The minimum Gasteiger partial charge on any atom is -0.480 e. The fraction of sp³-hybridized carbons (Fsp3) is 0.875. The van der Waals surface area contributed by atoms with Crippen LogP contribution in [0.15, 0.2) is 0 Å². The van der Waals surface area contributed by atoms with E-state index in [1.807, 2.05) is 0 Å². The SMILES string of the molecule is O=C(NCC1(C2CC2)CC1)NC(C(=O)O)C1CCCCC1. The lowest BCUT2D eigenvalue weighted by Gasteiger charge is -2.28. The quantitative estimate of drug-likeness (QED) is 0.704. The summed E-state index contributed by atoms with van der Waals surface area (Å²) in [5.74, 6) is -0.0212. The van der Waals surface area contributed by atoms with Crippen LogP contribution in [0.25, 0.3) is 0 Å². The first-order valence-corrected chi connectivity index (χ1v) is 8.38. The lowest BCUT2D eigenvalue weighted by atomic mass is 9.84. The molecule has 0 heterocycles. The summed E-state index contributed by atoms with van der Waals surface area (Å²) in [4.78, 5) is 23.5. The van der Waals surface area contributed by atoms with Crippen molar-refractivity contribution in [3.8, 4) is 0 Å². The number of carboxylic acid groups (broad SMARTS) is 1. The molecule has 3 rings (SSSR count). The summed E-state index contributed by atoms with van der Waals surface area (Å²) < 4.78 is 0. The summed E-state index contributed by atoms with van der Waals surface area (Å²) in [6.45, 7) is 0.709. The van der Waals surface area contributed by atoms with Crippen molar-refractivity contribution in [3.63, 3.8) is 0 Å². The van der Waals surface area contributed by atoms with Crippen molar-refractivity contribution >= 4 is 12.0 Å². The van der Waals surface area contributed by atoms with E-state index in [1.54, 1.807) is 0 Å². The molecule has 1 unspecified atom stereocenters. The summed E-state index contributed by atoms with van der Waals surface area (Å²) in [5, 5.41) is 15.0. The number of carboxylic acids is 1. The van der Waals surface area contributed by atoms with E-state index in [4.69, 9.17) is 0 Å². The second-order valence-corrected chi connectivity index (χ2v) is 7.18.